The van der Waals surface area contributed by atoms with Crippen LogP contribution in [0.5, 0.6) is 0 Å². The van der Waals surface area contributed by atoms with E-state index < -0.39 is 0 Å². The lowest BCUT2D eigenvalue weighted by Gasteiger charge is -2.36. The van der Waals surface area contributed by atoms with E-state index in [0.717, 1.165) is 31.5 Å². The maximum Gasteiger partial charge on any atom is 0.0845 e. The number of hydrogen-bond acceptors (Lipinski definition) is 2. The second kappa shape index (κ2) is 6.81. The fraction of sp³-hybridized carbons (Fsp3) is 0.455. The molecule has 2 aromatic carbocycles. The SMILES string of the molecule is C[C@@H]1C[C@H](C)CN(C[C@H](O)Cn2c3ccccc3c3ccccc32)C1. The number of likely N-dealkylation sites (tertiary alicyclic amines) is 1. The standard InChI is InChI=1S/C22H28N2O/c1-16-11-17(2)13-23(12-16)14-18(25)15-24-21-9-5-3-7-19(21)20-8-4-6-10-22(20)24/h3-10,16-18,25H,11-15H2,1-2H3/t16-,17+,18-/m0/s1. The Balaban J connectivity index is 1.59. The lowest BCUT2D eigenvalue weighted by Crippen LogP contribution is -2.43. The van der Waals surface area contributed by atoms with Gasteiger partial charge in [-0.2, -0.15) is 0 Å². The number of fused-ring (bicyclic) bond motifs is 3. The van der Waals surface area contributed by atoms with E-state index >= 15 is 0 Å². The molecule has 0 amide bonds. The van der Waals surface area contributed by atoms with Crippen molar-refractivity contribution in [3.05, 3.63) is 48.5 Å². The molecule has 3 nitrogen and oxygen atoms in total. The van der Waals surface area contributed by atoms with Crippen molar-refractivity contribution in [1.29, 1.82) is 0 Å². The molecule has 3 heteroatoms. The topological polar surface area (TPSA) is 28.4 Å². The number of aliphatic hydroxyl groups is 1. The van der Waals surface area contributed by atoms with Gasteiger partial charge in [0, 0.05) is 41.4 Å². The van der Waals surface area contributed by atoms with Gasteiger partial charge in [-0.1, -0.05) is 50.2 Å². The third-order valence-corrected chi connectivity index (χ3v) is 5.49. The van der Waals surface area contributed by atoms with Crippen LogP contribution in [-0.4, -0.2) is 40.3 Å². The van der Waals surface area contributed by atoms with Crippen LogP contribution in [0.3, 0.4) is 0 Å². The average molecular weight is 336 g/mol. The van der Waals surface area contributed by atoms with E-state index in [9.17, 15) is 5.11 Å². The predicted octanol–water partition coefficient (Wildman–Crippen LogP) is 4.13. The highest BCUT2D eigenvalue weighted by molar-refractivity contribution is 6.07. The number of hydrogen-bond donors (Lipinski definition) is 1. The van der Waals surface area contributed by atoms with Crippen LogP contribution in [0, 0.1) is 11.8 Å². The molecule has 0 unspecified atom stereocenters. The predicted molar refractivity (Wildman–Crippen MR) is 105 cm³/mol. The van der Waals surface area contributed by atoms with Crippen molar-refractivity contribution in [3.63, 3.8) is 0 Å². The largest absolute Gasteiger partial charge is 0.390 e. The van der Waals surface area contributed by atoms with Gasteiger partial charge in [-0.15, -0.1) is 0 Å². The minimum atomic E-state index is -0.350. The number of benzene rings is 2. The van der Waals surface area contributed by atoms with Crippen LogP contribution in [0.2, 0.25) is 0 Å². The molecule has 1 N–H and O–H groups in total. The lowest BCUT2D eigenvalue weighted by atomic mass is 9.92. The first-order chi connectivity index (χ1) is 12.1. The summed E-state index contributed by atoms with van der Waals surface area (Å²) in [6, 6.07) is 17.0. The Hall–Kier alpha value is -1.84. The molecule has 1 fully saturated rings. The minimum Gasteiger partial charge on any atom is -0.390 e. The van der Waals surface area contributed by atoms with Gasteiger partial charge in [0.25, 0.3) is 0 Å². The van der Waals surface area contributed by atoms with E-state index in [4.69, 9.17) is 0 Å². The van der Waals surface area contributed by atoms with E-state index in [2.05, 4.69) is 71.8 Å². The third-order valence-electron chi connectivity index (χ3n) is 5.49. The number of nitrogens with zero attached hydrogens (tertiary/aromatic N) is 2. The molecule has 1 aliphatic rings. The number of para-hydroxylation sites is 2. The third kappa shape index (κ3) is 3.31. The molecule has 1 saturated heterocycles. The number of aromatic nitrogens is 1. The second-order valence-corrected chi connectivity index (χ2v) is 7.96. The van der Waals surface area contributed by atoms with Crippen molar-refractivity contribution >= 4 is 21.8 Å². The van der Waals surface area contributed by atoms with Gasteiger partial charge >= 0.3 is 0 Å². The maximum atomic E-state index is 10.8. The van der Waals surface area contributed by atoms with Crippen molar-refractivity contribution in [2.75, 3.05) is 19.6 Å². The molecule has 1 aliphatic heterocycles. The summed E-state index contributed by atoms with van der Waals surface area (Å²) in [6.45, 7) is 8.26. The van der Waals surface area contributed by atoms with E-state index in [1.54, 1.807) is 0 Å². The van der Waals surface area contributed by atoms with Crippen LogP contribution in [0.4, 0.5) is 0 Å². The van der Waals surface area contributed by atoms with Crippen molar-refractivity contribution < 1.29 is 5.11 Å². The second-order valence-electron chi connectivity index (χ2n) is 7.96. The van der Waals surface area contributed by atoms with Crippen LogP contribution < -0.4 is 0 Å². The number of piperidine rings is 1. The summed E-state index contributed by atoms with van der Waals surface area (Å²) in [5.74, 6) is 1.45. The smallest absolute Gasteiger partial charge is 0.0845 e. The Kier molecular flexibility index (Phi) is 4.53. The molecule has 0 saturated carbocycles. The van der Waals surface area contributed by atoms with Gasteiger partial charge in [0.1, 0.15) is 0 Å². The van der Waals surface area contributed by atoms with Gasteiger partial charge in [0.2, 0.25) is 0 Å². The van der Waals surface area contributed by atoms with Gasteiger partial charge < -0.3 is 14.6 Å². The molecule has 3 aromatic rings. The van der Waals surface area contributed by atoms with Crippen molar-refractivity contribution in [3.8, 4) is 0 Å². The van der Waals surface area contributed by atoms with Gasteiger partial charge in [-0.3, -0.25) is 0 Å². The number of β-amino-alcohol motifs (C(OH)–C–C–N with tert-alkyl or cyclic N) is 1. The molecule has 0 bridgehead atoms. The molecule has 132 valence electrons. The van der Waals surface area contributed by atoms with E-state index in [1.807, 2.05) is 0 Å². The van der Waals surface area contributed by atoms with Crippen molar-refractivity contribution in [2.24, 2.45) is 11.8 Å². The Morgan fingerprint density at radius 3 is 1.96 bits per heavy atom. The molecular formula is C22H28N2O. The van der Waals surface area contributed by atoms with Crippen molar-refractivity contribution in [2.45, 2.75) is 32.9 Å². The summed E-state index contributed by atoms with van der Waals surface area (Å²) in [5.41, 5.74) is 2.42. The molecular weight excluding hydrogens is 308 g/mol. The average Bonchev–Trinajstić information content (AvgIpc) is 2.89. The molecule has 3 atom stereocenters. The van der Waals surface area contributed by atoms with Gasteiger partial charge in [-0.05, 0) is 30.4 Å². The first-order valence-electron chi connectivity index (χ1n) is 9.48. The zero-order valence-electron chi connectivity index (χ0n) is 15.2. The highest BCUT2D eigenvalue weighted by Crippen LogP contribution is 2.29. The molecule has 0 radical (unpaired) electrons. The van der Waals surface area contributed by atoms with E-state index in [1.165, 1.54) is 28.2 Å². The van der Waals surface area contributed by atoms with E-state index in [-0.39, 0.29) is 6.10 Å². The Morgan fingerprint density at radius 2 is 1.40 bits per heavy atom. The maximum absolute atomic E-state index is 10.8. The fourth-order valence-corrected chi connectivity index (χ4v) is 4.71. The zero-order chi connectivity index (χ0) is 17.4. The van der Waals surface area contributed by atoms with Gasteiger partial charge in [0.05, 0.1) is 12.6 Å². The molecule has 0 aliphatic carbocycles. The van der Waals surface area contributed by atoms with E-state index in [0.29, 0.717) is 6.54 Å². The summed E-state index contributed by atoms with van der Waals surface area (Å²) in [5, 5.41) is 13.3. The first kappa shape index (κ1) is 16.6. The van der Waals surface area contributed by atoms with Crippen LogP contribution in [0.25, 0.3) is 21.8 Å². The van der Waals surface area contributed by atoms with Crippen LogP contribution in [-0.2, 0) is 6.54 Å². The molecule has 0 spiro atoms. The van der Waals surface area contributed by atoms with Gasteiger partial charge in [-0.25, -0.2) is 0 Å². The zero-order valence-corrected chi connectivity index (χ0v) is 15.2. The quantitative estimate of drug-likeness (QED) is 0.776. The number of aliphatic hydroxyl groups excluding tert-OH is 1. The fourth-order valence-electron chi connectivity index (χ4n) is 4.71. The normalized spacial score (nSPS) is 23.3. The summed E-state index contributed by atoms with van der Waals surface area (Å²) >= 11 is 0. The Bertz CT molecular complexity index is 805. The van der Waals surface area contributed by atoms with Crippen LogP contribution >= 0.6 is 0 Å². The highest BCUT2D eigenvalue weighted by atomic mass is 16.3. The van der Waals surface area contributed by atoms with Crippen LogP contribution in [0.15, 0.2) is 48.5 Å². The minimum absolute atomic E-state index is 0.350. The summed E-state index contributed by atoms with van der Waals surface area (Å²) in [7, 11) is 0. The van der Waals surface area contributed by atoms with Crippen LogP contribution in [0.1, 0.15) is 20.3 Å². The monoisotopic (exact) mass is 336 g/mol. The molecule has 2 heterocycles. The Morgan fingerprint density at radius 1 is 0.880 bits per heavy atom. The number of rotatable bonds is 4. The molecule has 1 aromatic heterocycles. The van der Waals surface area contributed by atoms with Gasteiger partial charge in [0.15, 0.2) is 0 Å². The highest BCUT2D eigenvalue weighted by Gasteiger charge is 2.24. The summed E-state index contributed by atoms with van der Waals surface area (Å²) < 4.78 is 2.28. The summed E-state index contributed by atoms with van der Waals surface area (Å²) in [4.78, 5) is 2.44. The Labute approximate surface area is 149 Å². The first-order valence-corrected chi connectivity index (χ1v) is 9.48. The summed E-state index contributed by atoms with van der Waals surface area (Å²) in [6.07, 6.45) is 0.955. The van der Waals surface area contributed by atoms with Crippen molar-refractivity contribution in [1.82, 2.24) is 9.47 Å². The lowest BCUT2D eigenvalue weighted by molar-refractivity contribution is 0.0626. The molecule has 25 heavy (non-hydrogen) atoms. The molecule has 4 rings (SSSR count).